The highest BCUT2D eigenvalue weighted by Gasteiger charge is 2.25. The Hall–Kier alpha value is -0.380. The number of carboxylic acids is 1. The fraction of sp³-hybridized carbons (Fsp3) is 0.909. The molecule has 1 rings (SSSR count). The quantitative estimate of drug-likeness (QED) is 0.807. The average molecular weight is 232 g/mol. The van der Waals surface area contributed by atoms with Gasteiger partial charge in [0.2, 0.25) is 0 Å². The van der Waals surface area contributed by atoms with E-state index in [1.54, 1.807) is 6.92 Å². The van der Waals surface area contributed by atoms with Gasteiger partial charge in [-0.05, 0) is 31.6 Å². The molecule has 0 spiro atoms. The van der Waals surface area contributed by atoms with E-state index in [2.05, 4.69) is 6.92 Å². The summed E-state index contributed by atoms with van der Waals surface area (Å²) in [6.45, 7) is 3.85. The molecule has 15 heavy (non-hydrogen) atoms. The van der Waals surface area contributed by atoms with Crippen LogP contribution in [0.5, 0.6) is 0 Å². The Morgan fingerprint density at radius 3 is 2.40 bits per heavy atom. The van der Waals surface area contributed by atoms with Crippen molar-refractivity contribution in [2.75, 3.05) is 5.75 Å². The van der Waals surface area contributed by atoms with E-state index in [0.717, 1.165) is 31.6 Å². The van der Waals surface area contributed by atoms with Crippen LogP contribution >= 0.6 is 0 Å². The minimum Gasteiger partial charge on any atom is -0.481 e. The Morgan fingerprint density at radius 1 is 1.40 bits per heavy atom. The van der Waals surface area contributed by atoms with Crippen LogP contribution in [0.25, 0.3) is 0 Å². The fourth-order valence-electron chi connectivity index (χ4n) is 1.95. The number of hydrogen-bond donors (Lipinski definition) is 1. The third-order valence-electron chi connectivity index (χ3n) is 3.17. The van der Waals surface area contributed by atoms with Gasteiger partial charge in [-0.25, -0.2) is 0 Å². The predicted octanol–water partition coefficient (Wildman–Crippen LogP) is 2.03. The van der Waals surface area contributed by atoms with E-state index < -0.39 is 22.7 Å². The lowest BCUT2D eigenvalue weighted by atomic mass is 9.91. The first-order valence-corrected chi connectivity index (χ1v) is 6.99. The molecule has 1 saturated carbocycles. The Morgan fingerprint density at radius 2 is 1.93 bits per heavy atom. The van der Waals surface area contributed by atoms with Crippen molar-refractivity contribution in [2.45, 2.75) is 44.8 Å². The molecule has 88 valence electrons. The van der Waals surface area contributed by atoms with E-state index in [0.29, 0.717) is 5.75 Å². The second-order valence-corrected chi connectivity index (χ2v) is 6.43. The zero-order valence-corrected chi connectivity index (χ0v) is 10.3. The van der Waals surface area contributed by atoms with Crippen LogP contribution in [-0.4, -0.2) is 26.3 Å². The summed E-state index contributed by atoms with van der Waals surface area (Å²) in [6.07, 6.45) is 4.27. The van der Waals surface area contributed by atoms with E-state index in [1.807, 2.05) is 0 Å². The van der Waals surface area contributed by atoms with Gasteiger partial charge in [-0.15, -0.1) is 0 Å². The molecule has 0 amide bonds. The van der Waals surface area contributed by atoms with Crippen molar-refractivity contribution in [3.63, 3.8) is 0 Å². The molecular formula is C11H20O3S. The van der Waals surface area contributed by atoms with Crippen molar-refractivity contribution in [3.8, 4) is 0 Å². The van der Waals surface area contributed by atoms with Crippen molar-refractivity contribution in [1.29, 1.82) is 0 Å². The van der Waals surface area contributed by atoms with Crippen LogP contribution in [0.3, 0.4) is 0 Å². The Balaban J connectivity index is 2.37. The summed E-state index contributed by atoms with van der Waals surface area (Å²) in [5.41, 5.74) is 0. The maximum Gasteiger partial charge on any atom is 0.307 e. The summed E-state index contributed by atoms with van der Waals surface area (Å²) in [6, 6.07) is 0. The molecule has 0 aromatic heterocycles. The summed E-state index contributed by atoms with van der Waals surface area (Å²) in [4.78, 5) is 10.6. The van der Waals surface area contributed by atoms with Crippen LogP contribution in [-0.2, 0) is 15.6 Å². The first-order valence-electron chi connectivity index (χ1n) is 5.60. The number of carboxylic acid groups (broad SMARTS) is 1. The lowest BCUT2D eigenvalue weighted by molar-refractivity contribution is -0.140. The van der Waals surface area contributed by atoms with Gasteiger partial charge in [0, 0.05) is 21.8 Å². The molecule has 1 N–H and O–H groups in total. The molecule has 2 atom stereocenters. The maximum absolute atomic E-state index is 11.9. The molecule has 0 heterocycles. The van der Waals surface area contributed by atoms with E-state index in [-0.39, 0.29) is 5.25 Å². The highest BCUT2D eigenvalue weighted by Crippen LogP contribution is 2.27. The van der Waals surface area contributed by atoms with Crippen LogP contribution in [0.1, 0.15) is 39.5 Å². The van der Waals surface area contributed by atoms with Gasteiger partial charge >= 0.3 is 5.97 Å². The van der Waals surface area contributed by atoms with E-state index in [4.69, 9.17) is 5.11 Å². The molecule has 2 unspecified atom stereocenters. The molecular weight excluding hydrogens is 212 g/mol. The standard InChI is InChI=1S/C11H20O3S/c1-8-3-5-10(6-4-8)15(14)7-9(2)11(12)13/h8-10H,3-7H2,1-2H3,(H,12,13). The fourth-order valence-corrected chi connectivity index (χ4v) is 3.65. The minimum atomic E-state index is -0.953. The van der Waals surface area contributed by atoms with Gasteiger partial charge in [-0.1, -0.05) is 13.8 Å². The van der Waals surface area contributed by atoms with Crippen LogP contribution in [0, 0.1) is 11.8 Å². The lowest BCUT2D eigenvalue weighted by Crippen LogP contribution is -2.28. The van der Waals surface area contributed by atoms with Crippen molar-refractivity contribution in [3.05, 3.63) is 0 Å². The van der Waals surface area contributed by atoms with Gasteiger partial charge < -0.3 is 5.11 Å². The van der Waals surface area contributed by atoms with Crippen LogP contribution in [0.4, 0.5) is 0 Å². The second-order valence-electron chi connectivity index (χ2n) is 4.67. The Kier molecular flexibility index (Phi) is 4.77. The number of rotatable bonds is 4. The average Bonchev–Trinajstić information content (AvgIpc) is 2.18. The molecule has 1 aliphatic carbocycles. The van der Waals surface area contributed by atoms with Gasteiger partial charge in [-0.3, -0.25) is 9.00 Å². The highest BCUT2D eigenvalue weighted by molar-refractivity contribution is 7.85. The van der Waals surface area contributed by atoms with Gasteiger partial charge in [0.05, 0.1) is 5.92 Å². The zero-order chi connectivity index (χ0) is 11.4. The number of hydrogen-bond acceptors (Lipinski definition) is 2. The van der Waals surface area contributed by atoms with Gasteiger partial charge in [0.15, 0.2) is 0 Å². The normalized spacial score (nSPS) is 30.8. The van der Waals surface area contributed by atoms with Crippen molar-refractivity contribution < 1.29 is 14.1 Å². The van der Waals surface area contributed by atoms with Crippen LogP contribution in [0.15, 0.2) is 0 Å². The summed E-state index contributed by atoms with van der Waals surface area (Å²) in [7, 11) is -0.953. The summed E-state index contributed by atoms with van der Waals surface area (Å²) in [5.74, 6) is -0.262. The van der Waals surface area contributed by atoms with Gasteiger partial charge in [-0.2, -0.15) is 0 Å². The van der Waals surface area contributed by atoms with Crippen LogP contribution in [0.2, 0.25) is 0 Å². The zero-order valence-electron chi connectivity index (χ0n) is 9.44. The highest BCUT2D eigenvalue weighted by atomic mass is 32.2. The first kappa shape index (κ1) is 12.7. The van der Waals surface area contributed by atoms with Crippen molar-refractivity contribution in [2.24, 2.45) is 11.8 Å². The molecule has 0 aromatic carbocycles. The molecule has 1 fully saturated rings. The van der Waals surface area contributed by atoms with E-state index in [1.165, 1.54) is 0 Å². The molecule has 0 bridgehead atoms. The Bertz CT molecular complexity index is 244. The predicted molar refractivity (Wildman–Crippen MR) is 61.2 cm³/mol. The smallest absolute Gasteiger partial charge is 0.307 e. The Labute approximate surface area is 93.7 Å². The number of carbonyl (C=O) groups is 1. The molecule has 0 radical (unpaired) electrons. The summed E-state index contributed by atoms with van der Waals surface area (Å²) >= 11 is 0. The molecule has 0 aromatic rings. The largest absolute Gasteiger partial charge is 0.481 e. The third kappa shape index (κ3) is 3.93. The molecule has 1 aliphatic rings. The minimum absolute atomic E-state index is 0.239. The molecule has 4 heteroatoms. The van der Waals surface area contributed by atoms with Gasteiger partial charge in [0.1, 0.15) is 0 Å². The van der Waals surface area contributed by atoms with E-state index in [9.17, 15) is 9.00 Å². The van der Waals surface area contributed by atoms with Crippen LogP contribution < -0.4 is 0 Å². The molecule has 0 saturated heterocycles. The number of aliphatic carboxylic acids is 1. The van der Waals surface area contributed by atoms with Crippen molar-refractivity contribution in [1.82, 2.24) is 0 Å². The van der Waals surface area contributed by atoms with Crippen molar-refractivity contribution >= 4 is 16.8 Å². The summed E-state index contributed by atoms with van der Waals surface area (Å²) in [5, 5.41) is 8.98. The third-order valence-corrected chi connectivity index (χ3v) is 5.21. The monoisotopic (exact) mass is 232 g/mol. The second kappa shape index (κ2) is 5.64. The summed E-state index contributed by atoms with van der Waals surface area (Å²) < 4.78 is 11.9. The molecule has 3 nitrogen and oxygen atoms in total. The lowest BCUT2D eigenvalue weighted by Gasteiger charge is -2.25. The van der Waals surface area contributed by atoms with Gasteiger partial charge in [0.25, 0.3) is 0 Å². The topological polar surface area (TPSA) is 54.4 Å². The first-order chi connectivity index (χ1) is 7.00. The van der Waals surface area contributed by atoms with E-state index >= 15 is 0 Å². The molecule has 0 aliphatic heterocycles. The SMILES string of the molecule is CC1CCC(S(=O)CC(C)C(=O)O)CC1. The maximum atomic E-state index is 11.9.